The van der Waals surface area contributed by atoms with Gasteiger partial charge in [-0.15, -0.1) is 30.6 Å². The average Bonchev–Trinajstić information content (AvgIpc) is 1.54. The van der Waals surface area contributed by atoms with Crippen molar-refractivity contribution in [3.05, 3.63) is 419 Å². The minimum absolute atomic E-state index is 0.837. The standard InChI is InChI=1S/C42H25N3O2.C40H24N4.C34H20N4/c1-2-10-30(11-3-1)45-43-35-21-20-26(25-36(35)44-45)27-22-28(31-14-8-18-39-41(31)33-12-4-6-16-37(33)46-39)24-29(23-27)32-15-9-19-40-42(32)34-13-5-7-17-38(34)47-40;1-2-11-27(12-3-1)44-41-33-22-20-26(24-34(33)42-44)28-13-6-7-18-35(28)43-36-19-9-17-32-30-15-5-4-14-29(30)31-16-8-10-25-21-23-37(43)40(38(25)31)39(32)36;1-2-9-22(10-3-1)38-35-28-18-17-23(20-29(28)36-38)37-30-15-7-14-27-25-12-5-4-11-24(25)26-13-6-8-21-16-19-31(37)34(32(21)26)33(27)30/h1-25H;1-24H;1-20H. The first-order chi connectivity index (χ1) is 63.9. The molecule has 0 spiro atoms. The summed E-state index contributed by atoms with van der Waals surface area (Å²) >= 11 is 0. The fourth-order valence-electron chi connectivity index (χ4n) is 20.5. The summed E-state index contributed by atoms with van der Waals surface area (Å²) in [6.07, 6.45) is 0. The van der Waals surface area contributed by atoms with Crippen LogP contribution < -0.4 is 0 Å². The maximum atomic E-state index is 6.30. The molecule has 0 fully saturated rings. The van der Waals surface area contributed by atoms with Crippen LogP contribution in [-0.4, -0.2) is 54.1 Å². The Hall–Kier alpha value is -17.7. The van der Waals surface area contributed by atoms with Crippen LogP contribution in [0.25, 0.3) is 260 Å². The van der Waals surface area contributed by atoms with E-state index in [1.54, 1.807) is 14.4 Å². The highest BCUT2D eigenvalue weighted by atomic mass is 16.3. The predicted octanol–water partition coefficient (Wildman–Crippen LogP) is 29.5. The molecule has 7 aromatic heterocycles. The molecule has 29 rings (SSSR count). The molecule has 13 heteroatoms. The van der Waals surface area contributed by atoms with Gasteiger partial charge in [-0.3, -0.25) is 0 Å². The molecule has 0 aliphatic heterocycles. The summed E-state index contributed by atoms with van der Waals surface area (Å²) in [7, 11) is 0. The molecule has 0 atom stereocenters. The lowest BCUT2D eigenvalue weighted by Gasteiger charge is -2.16. The molecule has 0 amide bonds. The largest absolute Gasteiger partial charge is 0.456 e. The molecule has 2 aliphatic carbocycles. The second-order valence-corrected chi connectivity index (χ2v) is 33.3. The van der Waals surface area contributed by atoms with Gasteiger partial charge >= 0.3 is 0 Å². The number of rotatable bonds is 9. The molecular weight excluding hydrogens is 1580 g/mol. The molecule has 129 heavy (non-hydrogen) atoms. The molecule has 27 aromatic rings. The van der Waals surface area contributed by atoms with Crippen molar-refractivity contribution < 1.29 is 8.83 Å². The number of benzene rings is 20. The van der Waals surface area contributed by atoms with E-state index in [0.29, 0.717) is 0 Å². The molecule has 0 unspecified atom stereocenters. The van der Waals surface area contributed by atoms with Crippen LogP contribution in [0.5, 0.6) is 0 Å². The summed E-state index contributed by atoms with van der Waals surface area (Å²) in [6, 6.07) is 147. The number of hydrogen-bond donors (Lipinski definition) is 0. The van der Waals surface area contributed by atoms with Gasteiger partial charge in [-0.1, -0.05) is 267 Å². The van der Waals surface area contributed by atoms with E-state index in [9.17, 15) is 0 Å². The molecular formula is C116H69N11O2. The molecule has 13 nitrogen and oxygen atoms in total. The third-order valence-corrected chi connectivity index (χ3v) is 26.1. The minimum atomic E-state index is 0.837. The fourth-order valence-corrected chi connectivity index (χ4v) is 20.5. The number of nitrogens with zero attached hydrogens (tertiary/aromatic N) is 11. The van der Waals surface area contributed by atoms with Crippen LogP contribution in [0.2, 0.25) is 0 Å². The van der Waals surface area contributed by atoms with Gasteiger partial charge in [-0.2, -0.15) is 14.4 Å². The topological polar surface area (TPSA) is 128 Å². The van der Waals surface area contributed by atoms with Gasteiger partial charge in [0.2, 0.25) is 0 Å². The minimum Gasteiger partial charge on any atom is -0.456 e. The highest BCUT2D eigenvalue weighted by Gasteiger charge is 2.29. The summed E-state index contributed by atoms with van der Waals surface area (Å²) in [5.41, 5.74) is 37.7. The monoisotopic (exact) mass is 1650 g/mol. The van der Waals surface area contributed by atoms with E-state index in [1.807, 2.05) is 127 Å². The fraction of sp³-hybridized carbons (Fsp3) is 0. The zero-order chi connectivity index (χ0) is 84.5. The van der Waals surface area contributed by atoms with Gasteiger partial charge in [-0.05, 0) is 257 Å². The van der Waals surface area contributed by atoms with Crippen LogP contribution in [0.3, 0.4) is 0 Å². The predicted molar refractivity (Wildman–Crippen MR) is 525 cm³/mol. The van der Waals surface area contributed by atoms with Crippen LogP contribution in [0.1, 0.15) is 0 Å². The van der Waals surface area contributed by atoms with Crippen LogP contribution in [-0.2, 0) is 0 Å². The summed E-state index contributed by atoms with van der Waals surface area (Å²) in [4.78, 5) is 5.13. The number of aromatic nitrogens is 11. The normalized spacial score (nSPS) is 12.0. The van der Waals surface area contributed by atoms with Crippen molar-refractivity contribution >= 4 is 142 Å². The first kappa shape index (κ1) is 71.8. The Kier molecular flexibility index (Phi) is 15.8. The average molecular weight is 1650 g/mol. The zero-order valence-corrected chi connectivity index (χ0v) is 69.1. The third-order valence-electron chi connectivity index (χ3n) is 26.1. The summed E-state index contributed by atoms with van der Waals surface area (Å²) in [5, 5.41) is 43.6. The van der Waals surface area contributed by atoms with Gasteiger partial charge in [0, 0.05) is 54.3 Å². The maximum Gasteiger partial charge on any atom is 0.136 e. The Bertz CT molecular complexity index is 9220. The van der Waals surface area contributed by atoms with Gasteiger partial charge in [0.1, 0.15) is 55.4 Å². The first-order valence-corrected chi connectivity index (χ1v) is 43.5. The highest BCUT2D eigenvalue weighted by Crippen LogP contribution is 2.53. The Labute approximate surface area is 736 Å². The Morgan fingerprint density at radius 2 is 0.519 bits per heavy atom. The molecule has 600 valence electrons. The summed E-state index contributed by atoms with van der Waals surface area (Å²) in [5.74, 6) is 0. The Balaban J connectivity index is 0.000000100. The molecule has 7 heterocycles. The van der Waals surface area contributed by atoms with Gasteiger partial charge in [0.15, 0.2) is 0 Å². The van der Waals surface area contributed by atoms with Crippen LogP contribution in [0.15, 0.2) is 427 Å². The van der Waals surface area contributed by atoms with Gasteiger partial charge < -0.3 is 18.0 Å². The van der Waals surface area contributed by atoms with E-state index in [4.69, 9.17) is 39.4 Å². The number of fused-ring (bicyclic) bond motifs is 15. The molecule has 0 bridgehead atoms. The highest BCUT2D eigenvalue weighted by molar-refractivity contribution is 6.32. The molecule has 0 N–H and O–H groups in total. The third kappa shape index (κ3) is 11.3. The second kappa shape index (κ2) is 28.4. The first-order valence-electron chi connectivity index (χ1n) is 43.5. The lowest BCUT2D eigenvalue weighted by atomic mass is 9.90. The number of furan rings is 2. The van der Waals surface area contributed by atoms with E-state index < -0.39 is 0 Å². The van der Waals surface area contributed by atoms with Crippen LogP contribution in [0, 0.1) is 0 Å². The lowest BCUT2D eigenvalue weighted by molar-refractivity contribution is 0.668. The Morgan fingerprint density at radius 1 is 0.171 bits per heavy atom. The van der Waals surface area contributed by atoms with Crippen molar-refractivity contribution in [1.29, 1.82) is 0 Å². The molecule has 20 aromatic carbocycles. The molecule has 2 aliphatic rings. The SMILES string of the molecule is c1ccc(-n2nc3ccc(-c4cc(-c5cccc6oc7ccccc7c56)cc(-c5cccc6oc7ccccc7c56)c4)cc3n2)cc1.c1ccc(-n2nc3ccc(-c4ccccc4-n4c5cccc6c5c5c7c(cccc7ccc54)-c4ccccc4-6)cc3n2)cc1.c1ccc(-n2nc3ccc(-n4c5cccc6c5c5c7c(cccc7ccc54)-c4ccccc4-6)cc3n2)cc1. The van der Waals surface area contributed by atoms with Crippen LogP contribution in [0.4, 0.5) is 0 Å². The Morgan fingerprint density at radius 3 is 1.02 bits per heavy atom. The number of para-hydroxylation sites is 6. The second-order valence-electron chi connectivity index (χ2n) is 33.3. The summed E-state index contributed by atoms with van der Waals surface area (Å²) in [6.45, 7) is 0. The lowest BCUT2D eigenvalue weighted by Crippen LogP contribution is -1.98. The molecule has 0 saturated heterocycles. The summed E-state index contributed by atoms with van der Waals surface area (Å²) < 4.78 is 17.4. The van der Waals surface area contributed by atoms with Crippen molar-refractivity contribution in [3.63, 3.8) is 0 Å². The van der Waals surface area contributed by atoms with Gasteiger partial charge in [0.25, 0.3) is 0 Å². The molecule has 0 radical (unpaired) electrons. The van der Waals surface area contributed by atoms with Crippen molar-refractivity contribution in [1.82, 2.24) is 54.1 Å². The van der Waals surface area contributed by atoms with Crippen LogP contribution >= 0.6 is 0 Å². The maximum absolute atomic E-state index is 6.30. The molecule has 0 saturated carbocycles. The smallest absolute Gasteiger partial charge is 0.136 e. The van der Waals surface area contributed by atoms with Crippen molar-refractivity contribution in [2.75, 3.05) is 0 Å². The van der Waals surface area contributed by atoms with Gasteiger partial charge in [0.05, 0.1) is 44.8 Å². The van der Waals surface area contributed by atoms with Gasteiger partial charge in [-0.25, -0.2) is 0 Å². The van der Waals surface area contributed by atoms with Crippen molar-refractivity contribution in [2.24, 2.45) is 0 Å². The van der Waals surface area contributed by atoms with E-state index in [0.717, 1.165) is 150 Å². The van der Waals surface area contributed by atoms with E-state index in [-0.39, 0.29) is 0 Å². The van der Waals surface area contributed by atoms with E-state index in [2.05, 4.69) is 300 Å². The van der Waals surface area contributed by atoms with Crippen molar-refractivity contribution in [3.8, 4) is 117 Å². The van der Waals surface area contributed by atoms with Crippen molar-refractivity contribution in [2.45, 2.75) is 0 Å². The zero-order valence-electron chi connectivity index (χ0n) is 69.1. The quantitative estimate of drug-likeness (QED) is 0.140. The van der Waals surface area contributed by atoms with E-state index in [1.165, 1.54) is 110 Å². The van der Waals surface area contributed by atoms with E-state index >= 15 is 0 Å². The number of hydrogen-bond acceptors (Lipinski definition) is 8.